The predicted octanol–water partition coefficient (Wildman–Crippen LogP) is 0.590. The number of carbonyl (C=O) groups is 1. The number of carbonyl (C=O) groups excluding carboxylic acids is 1. The van der Waals surface area contributed by atoms with Crippen LogP contribution in [0.15, 0.2) is 0 Å². The van der Waals surface area contributed by atoms with E-state index in [2.05, 4.69) is 10.6 Å². The molecule has 0 radical (unpaired) electrons. The van der Waals surface area contributed by atoms with Gasteiger partial charge in [0.15, 0.2) is 6.10 Å². The normalized spacial score (nSPS) is 22.5. The topological polar surface area (TPSA) is 61.4 Å². The zero-order valence-corrected chi connectivity index (χ0v) is 9.90. The highest BCUT2D eigenvalue weighted by Crippen LogP contribution is 2.19. The van der Waals surface area contributed by atoms with Crippen LogP contribution in [-0.2, 0) is 4.79 Å². The summed E-state index contributed by atoms with van der Waals surface area (Å²) in [5.41, 5.74) is 0. The SMILES string of the molecule is Cl.O=C(NCC(O)C(F)(F)F)[C@@H]1CCCCN1. The maximum Gasteiger partial charge on any atom is 0.416 e. The number of aliphatic hydroxyl groups is 1. The predicted molar refractivity (Wildman–Crippen MR) is 58.0 cm³/mol. The molecule has 0 aromatic rings. The number of halogens is 4. The Bertz CT molecular complexity index is 245. The summed E-state index contributed by atoms with van der Waals surface area (Å²) in [5, 5.41) is 13.7. The highest BCUT2D eigenvalue weighted by molar-refractivity contribution is 5.85. The van der Waals surface area contributed by atoms with E-state index in [1.54, 1.807) is 0 Å². The van der Waals surface area contributed by atoms with Gasteiger partial charge in [0.25, 0.3) is 0 Å². The lowest BCUT2D eigenvalue weighted by Crippen LogP contribution is -2.50. The molecule has 1 rings (SSSR count). The third-order valence-corrected chi connectivity index (χ3v) is 2.47. The van der Waals surface area contributed by atoms with E-state index in [9.17, 15) is 18.0 Å². The fraction of sp³-hybridized carbons (Fsp3) is 0.889. The average molecular weight is 277 g/mol. The molecule has 1 aliphatic rings. The number of nitrogens with one attached hydrogen (secondary N) is 2. The van der Waals surface area contributed by atoms with Gasteiger partial charge in [-0.25, -0.2) is 0 Å². The number of rotatable bonds is 3. The van der Waals surface area contributed by atoms with E-state index in [0.717, 1.165) is 12.8 Å². The van der Waals surface area contributed by atoms with E-state index >= 15 is 0 Å². The largest absolute Gasteiger partial charge is 0.416 e. The van der Waals surface area contributed by atoms with E-state index < -0.39 is 30.8 Å². The Balaban J connectivity index is 0.00000256. The first-order valence-electron chi connectivity index (χ1n) is 5.17. The van der Waals surface area contributed by atoms with Crippen molar-refractivity contribution in [3.8, 4) is 0 Å². The number of piperidine rings is 1. The van der Waals surface area contributed by atoms with Crippen molar-refractivity contribution < 1.29 is 23.1 Å². The number of hydrogen-bond donors (Lipinski definition) is 3. The highest BCUT2D eigenvalue weighted by atomic mass is 35.5. The van der Waals surface area contributed by atoms with Crippen LogP contribution in [0.25, 0.3) is 0 Å². The molecule has 1 fully saturated rings. The fourth-order valence-electron chi connectivity index (χ4n) is 1.51. The van der Waals surface area contributed by atoms with Gasteiger partial charge in [0, 0.05) is 0 Å². The van der Waals surface area contributed by atoms with E-state index in [1.165, 1.54) is 0 Å². The maximum absolute atomic E-state index is 11.9. The second kappa shape index (κ2) is 7.03. The number of hydrogen-bond acceptors (Lipinski definition) is 3. The lowest BCUT2D eigenvalue weighted by atomic mass is 10.0. The third-order valence-electron chi connectivity index (χ3n) is 2.47. The van der Waals surface area contributed by atoms with Crippen molar-refractivity contribution in [2.45, 2.75) is 37.6 Å². The first-order valence-corrected chi connectivity index (χ1v) is 5.17. The van der Waals surface area contributed by atoms with Crippen LogP contribution in [-0.4, -0.2) is 42.4 Å². The number of amides is 1. The van der Waals surface area contributed by atoms with Gasteiger partial charge in [-0.2, -0.15) is 13.2 Å². The Kier molecular flexibility index (Phi) is 6.81. The van der Waals surface area contributed by atoms with Gasteiger partial charge < -0.3 is 15.7 Å². The Morgan fingerprint density at radius 3 is 2.59 bits per heavy atom. The molecular weight excluding hydrogens is 261 g/mol. The summed E-state index contributed by atoms with van der Waals surface area (Å²) in [4.78, 5) is 11.4. The molecule has 0 saturated carbocycles. The molecule has 17 heavy (non-hydrogen) atoms. The Morgan fingerprint density at radius 1 is 1.47 bits per heavy atom. The summed E-state index contributed by atoms with van der Waals surface area (Å²) < 4.78 is 35.8. The van der Waals surface area contributed by atoms with E-state index in [4.69, 9.17) is 5.11 Å². The monoisotopic (exact) mass is 276 g/mol. The molecule has 1 aliphatic heterocycles. The zero-order valence-electron chi connectivity index (χ0n) is 9.09. The fourth-order valence-corrected chi connectivity index (χ4v) is 1.51. The summed E-state index contributed by atoms with van der Waals surface area (Å²) in [6, 6.07) is -0.436. The minimum absolute atomic E-state index is 0. The first kappa shape index (κ1) is 16.5. The van der Waals surface area contributed by atoms with E-state index in [0.29, 0.717) is 13.0 Å². The van der Waals surface area contributed by atoms with Gasteiger partial charge >= 0.3 is 6.18 Å². The van der Waals surface area contributed by atoms with Crippen LogP contribution in [0.2, 0.25) is 0 Å². The molecule has 3 N–H and O–H groups in total. The smallest absolute Gasteiger partial charge is 0.382 e. The molecule has 1 saturated heterocycles. The van der Waals surface area contributed by atoms with Gasteiger partial charge in [-0.15, -0.1) is 12.4 Å². The summed E-state index contributed by atoms with van der Waals surface area (Å²) in [6.07, 6.45) is -4.72. The highest BCUT2D eigenvalue weighted by Gasteiger charge is 2.38. The Labute approximate surface area is 103 Å². The van der Waals surface area contributed by atoms with Crippen molar-refractivity contribution in [2.75, 3.05) is 13.1 Å². The van der Waals surface area contributed by atoms with Gasteiger partial charge in [-0.3, -0.25) is 4.79 Å². The molecule has 1 unspecified atom stereocenters. The van der Waals surface area contributed by atoms with Crippen LogP contribution < -0.4 is 10.6 Å². The third kappa shape index (κ3) is 5.56. The molecule has 0 aliphatic carbocycles. The average Bonchev–Trinajstić information content (AvgIpc) is 2.25. The van der Waals surface area contributed by atoms with Gasteiger partial charge in [0.2, 0.25) is 5.91 Å². The van der Waals surface area contributed by atoms with Gasteiger partial charge in [-0.1, -0.05) is 6.42 Å². The molecule has 2 atom stereocenters. The van der Waals surface area contributed by atoms with E-state index in [-0.39, 0.29) is 12.4 Å². The number of alkyl halides is 3. The van der Waals surface area contributed by atoms with Gasteiger partial charge in [0.1, 0.15) is 0 Å². The van der Waals surface area contributed by atoms with Crippen molar-refractivity contribution in [1.29, 1.82) is 0 Å². The standard InChI is InChI=1S/C9H15F3N2O2.ClH/c10-9(11,12)7(15)5-14-8(16)6-3-1-2-4-13-6;/h6-7,13,15H,1-5H2,(H,14,16);1H/t6-,7?;/m0./s1. The lowest BCUT2D eigenvalue weighted by molar-refractivity contribution is -0.201. The molecule has 102 valence electrons. The lowest BCUT2D eigenvalue weighted by Gasteiger charge is -2.23. The molecule has 1 heterocycles. The van der Waals surface area contributed by atoms with Crippen molar-refractivity contribution in [3.05, 3.63) is 0 Å². The molecule has 0 aromatic heterocycles. The van der Waals surface area contributed by atoms with Crippen molar-refractivity contribution in [3.63, 3.8) is 0 Å². The van der Waals surface area contributed by atoms with Crippen LogP contribution in [0, 0.1) is 0 Å². The summed E-state index contributed by atoms with van der Waals surface area (Å²) in [6.45, 7) is -0.0968. The second-order valence-corrected chi connectivity index (χ2v) is 3.81. The van der Waals surface area contributed by atoms with Gasteiger partial charge in [0.05, 0.1) is 12.6 Å². The molecule has 0 spiro atoms. The van der Waals surface area contributed by atoms with E-state index in [1.807, 2.05) is 0 Å². The minimum atomic E-state index is -4.69. The second-order valence-electron chi connectivity index (χ2n) is 3.81. The Morgan fingerprint density at radius 2 is 2.12 bits per heavy atom. The molecule has 4 nitrogen and oxygen atoms in total. The molecule has 0 bridgehead atoms. The van der Waals surface area contributed by atoms with Crippen LogP contribution in [0.3, 0.4) is 0 Å². The Hall–Kier alpha value is -0.530. The summed E-state index contributed by atoms with van der Waals surface area (Å²) in [7, 11) is 0. The maximum atomic E-state index is 11.9. The van der Waals surface area contributed by atoms with Crippen LogP contribution in [0.1, 0.15) is 19.3 Å². The summed E-state index contributed by atoms with van der Waals surface area (Å²) >= 11 is 0. The van der Waals surface area contributed by atoms with Crippen molar-refractivity contribution in [1.82, 2.24) is 10.6 Å². The van der Waals surface area contributed by atoms with Crippen LogP contribution >= 0.6 is 12.4 Å². The van der Waals surface area contributed by atoms with Crippen molar-refractivity contribution >= 4 is 18.3 Å². The minimum Gasteiger partial charge on any atom is -0.382 e. The quantitative estimate of drug-likeness (QED) is 0.707. The summed E-state index contributed by atoms with van der Waals surface area (Å²) in [5.74, 6) is -0.483. The molecule has 8 heteroatoms. The van der Waals surface area contributed by atoms with Gasteiger partial charge in [-0.05, 0) is 19.4 Å². The zero-order chi connectivity index (χ0) is 12.2. The van der Waals surface area contributed by atoms with Crippen molar-refractivity contribution in [2.24, 2.45) is 0 Å². The molecule has 1 amide bonds. The van der Waals surface area contributed by atoms with Crippen LogP contribution in [0.4, 0.5) is 13.2 Å². The first-order chi connectivity index (χ1) is 7.41. The molecule has 0 aromatic carbocycles. The molecular formula is C9H16ClF3N2O2. The van der Waals surface area contributed by atoms with Crippen LogP contribution in [0.5, 0.6) is 0 Å². The number of aliphatic hydroxyl groups excluding tert-OH is 1.